The molecular weight excluding hydrogens is 642 g/mol. The molecule has 204 valence electrons. The molecule has 0 fully saturated rings. The molecule has 34 heavy (non-hydrogen) atoms. The van der Waals surface area contributed by atoms with E-state index in [1.165, 1.54) is 69.1 Å². The molecule has 0 saturated carbocycles. The van der Waals surface area contributed by atoms with Crippen molar-refractivity contribution in [1.82, 2.24) is 0 Å². The van der Waals surface area contributed by atoms with Crippen molar-refractivity contribution in [2.24, 2.45) is 0 Å². The van der Waals surface area contributed by atoms with E-state index in [2.05, 4.69) is 41.5 Å². The van der Waals surface area contributed by atoms with Crippen LogP contribution in [0.1, 0.15) is 125 Å². The number of rotatable bonds is 24. The van der Waals surface area contributed by atoms with Crippen molar-refractivity contribution in [3.63, 3.8) is 0 Å². The first-order chi connectivity index (χ1) is 16.4. The molecule has 7 heteroatoms. The number of carboxylic acid groups (broad SMARTS) is 1. The van der Waals surface area contributed by atoms with Gasteiger partial charge in [-0.2, -0.15) is 0 Å². The van der Waals surface area contributed by atoms with Crippen LogP contribution in [0.5, 0.6) is 0 Å². The van der Waals surface area contributed by atoms with Gasteiger partial charge in [-0.1, -0.05) is 0 Å². The topological polar surface area (TPSA) is 65.0 Å². The average molecular weight is 700 g/mol. The average Bonchev–Trinajstić information content (AvgIpc) is 2.83. The van der Waals surface area contributed by atoms with E-state index in [9.17, 15) is 9.90 Å². The number of hydrogen-bond acceptors (Lipinski definition) is 4. The minimum absolute atomic E-state index is 0.463. The molecule has 0 aliphatic rings. The molecule has 2 atom stereocenters. The standard InChI is InChI=1S/C11H21O4.4C4H9.O.2Sn.H/c1-3-5-7-9-14-10(8-6-4-2)15-11(12)13;4*1-3-4-2;;;;/h6,10H,3-5,7-9H2,1-2H3,(H,12,13);4*1,3-4H2,2H3;;;;. The summed E-state index contributed by atoms with van der Waals surface area (Å²) in [6.45, 7) is 14.2. The maximum atomic E-state index is 11.5. The molecule has 1 N–H and O–H groups in total. The molecule has 0 bridgehead atoms. The predicted octanol–water partition coefficient (Wildman–Crippen LogP) is 9.27. The fraction of sp³-hybridized carbons (Fsp3) is 0.963. The van der Waals surface area contributed by atoms with Crippen LogP contribution in [0.25, 0.3) is 0 Å². The van der Waals surface area contributed by atoms with Crippen molar-refractivity contribution >= 4 is 45.1 Å². The third-order valence-corrected chi connectivity index (χ3v) is 43.7. The molecule has 0 radical (unpaired) electrons. The minimum atomic E-state index is -3.03. The fourth-order valence-electron chi connectivity index (χ4n) is 4.97. The fourth-order valence-corrected chi connectivity index (χ4v) is 52.3. The third-order valence-electron chi connectivity index (χ3n) is 7.07. The van der Waals surface area contributed by atoms with Crippen LogP contribution in [0.4, 0.5) is 4.79 Å². The first-order valence-corrected chi connectivity index (χ1v) is 27.5. The summed E-state index contributed by atoms with van der Waals surface area (Å²) in [7, 11) is 0. The Kier molecular flexibility index (Phi) is 23.5. The van der Waals surface area contributed by atoms with Gasteiger partial charge < -0.3 is 0 Å². The van der Waals surface area contributed by atoms with Gasteiger partial charge in [0.2, 0.25) is 0 Å². The van der Waals surface area contributed by atoms with E-state index < -0.39 is 51.4 Å². The molecule has 0 rings (SSSR count). The van der Waals surface area contributed by atoms with E-state index in [-0.39, 0.29) is 0 Å². The first kappa shape index (κ1) is 34.8. The molecule has 0 spiro atoms. The van der Waals surface area contributed by atoms with Gasteiger partial charge >= 0.3 is 225 Å². The second-order valence-corrected chi connectivity index (χ2v) is 33.3. The zero-order valence-electron chi connectivity index (χ0n) is 23.5. The molecule has 0 amide bonds. The van der Waals surface area contributed by atoms with Gasteiger partial charge in [0.05, 0.1) is 0 Å². The summed E-state index contributed by atoms with van der Waals surface area (Å²) in [5, 5.41) is 9.39. The van der Waals surface area contributed by atoms with Gasteiger partial charge in [-0.05, 0) is 0 Å². The molecule has 5 nitrogen and oxygen atoms in total. The summed E-state index contributed by atoms with van der Waals surface area (Å²) in [5.74, 6) is 0. The van der Waals surface area contributed by atoms with Gasteiger partial charge in [-0.15, -0.1) is 0 Å². The van der Waals surface area contributed by atoms with E-state index >= 15 is 0 Å². The van der Waals surface area contributed by atoms with Crippen molar-refractivity contribution in [3.8, 4) is 0 Å². The van der Waals surface area contributed by atoms with E-state index in [1.54, 1.807) is 0 Å². The van der Waals surface area contributed by atoms with Gasteiger partial charge in [-0.3, -0.25) is 0 Å². The summed E-state index contributed by atoms with van der Waals surface area (Å²) < 4.78 is 24.7. The zero-order chi connectivity index (χ0) is 25.7. The second kappa shape index (κ2) is 22.9. The van der Waals surface area contributed by atoms with E-state index in [0.29, 0.717) is 17.0 Å². The second-order valence-electron chi connectivity index (χ2n) is 10.0. The van der Waals surface area contributed by atoms with Crippen LogP contribution in [-0.2, 0) is 10.9 Å². The maximum absolute atomic E-state index is 11.5. The van der Waals surface area contributed by atoms with Crippen LogP contribution in [0.2, 0.25) is 21.7 Å². The Morgan fingerprint density at radius 3 is 1.76 bits per heavy atom. The van der Waals surface area contributed by atoms with Gasteiger partial charge in [0.15, 0.2) is 0 Å². The van der Waals surface area contributed by atoms with E-state index in [0.717, 1.165) is 25.7 Å². The summed E-state index contributed by atoms with van der Waals surface area (Å²) >= 11 is -5.12. The molecule has 0 heterocycles. The third kappa shape index (κ3) is 15.8. The predicted molar refractivity (Wildman–Crippen MR) is 150 cm³/mol. The quantitative estimate of drug-likeness (QED) is 0.0471. The monoisotopic (exact) mass is 702 g/mol. The summed E-state index contributed by atoms with van der Waals surface area (Å²) in [4.78, 5) is 11.5. The first-order valence-electron chi connectivity index (χ1n) is 14.6. The van der Waals surface area contributed by atoms with Crippen LogP contribution in [0.15, 0.2) is 0 Å². The Hall–Kier alpha value is 0.787. The van der Waals surface area contributed by atoms with Gasteiger partial charge in [0.1, 0.15) is 0 Å². The zero-order valence-corrected chi connectivity index (χ0v) is 29.7. The summed E-state index contributed by atoms with van der Waals surface area (Å²) in [5.41, 5.74) is 0. The summed E-state index contributed by atoms with van der Waals surface area (Å²) in [6.07, 6.45) is 13.1. The van der Waals surface area contributed by atoms with Crippen LogP contribution in [0.3, 0.4) is 0 Å². The SMILES string of the molecule is CCCCCOC(C[CH](CC)[Sn]([CH2]CCC)([CH2]CCC)[O][SnH]([CH2]CCC)[CH2]CCC)OC(=O)O. The molecule has 0 aromatic rings. The molecule has 0 aliphatic heterocycles. The van der Waals surface area contributed by atoms with Crippen molar-refractivity contribution in [2.75, 3.05) is 6.61 Å². The molecule has 0 aromatic heterocycles. The van der Waals surface area contributed by atoms with Crippen LogP contribution in [0, 0.1) is 0 Å². The number of unbranched alkanes of at least 4 members (excludes halogenated alkanes) is 6. The van der Waals surface area contributed by atoms with Gasteiger partial charge in [0, 0.05) is 0 Å². The molecule has 0 aliphatic carbocycles. The summed E-state index contributed by atoms with van der Waals surface area (Å²) in [6, 6.07) is 0. The number of carbonyl (C=O) groups is 1. The van der Waals surface area contributed by atoms with Crippen molar-refractivity contribution in [2.45, 2.75) is 153 Å². The number of ether oxygens (including phenoxy) is 2. The van der Waals surface area contributed by atoms with Crippen LogP contribution < -0.4 is 0 Å². The van der Waals surface area contributed by atoms with Crippen LogP contribution >= 0.6 is 0 Å². The molecule has 0 saturated heterocycles. The number of hydrogen-bond donors (Lipinski definition) is 1. The van der Waals surface area contributed by atoms with Crippen LogP contribution in [-0.4, -0.2) is 63.1 Å². The molecule has 2 unspecified atom stereocenters. The van der Waals surface area contributed by atoms with Crippen molar-refractivity contribution in [1.29, 1.82) is 0 Å². The van der Waals surface area contributed by atoms with E-state index in [1.807, 2.05) is 0 Å². The Morgan fingerprint density at radius 2 is 1.32 bits per heavy atom. The van der Waals surface area contributed by atoms with E-state index in [4.69, 9.17) is 10.9 Å². The van der Waals surface area contributed by atoms with Crippen molar-refractivity contribution < 1.29 is 20.8 Å². The van der Waals surface area contributed by atoms with Gasteiger partial charge in [-0.25, -0.2) is 0 Å². The molecular formula is C27H58O5Sn2. The normalized spacial score (nSPS) is 13.9. The molecule has 0 aromatic carbocycles. The Bertz CT molecular complexity index is 462. The van der Waals surface area contributed by atoms with Gasteiger partial charge in [0.25, 0.3) is 0 Å². The Morgan fingerprint density at radius 1 is 0.794 bits per heavy atom. The van der Waals surface area contributed by atoms with Crippen molar-refractivity contribution in [3.05, 3.63) is 0 Å². The Labute approximate surface area is 224 Å². The Balaban J connectivity index is 5.88.